The summed E-state index contributed by atoms with van der Waals surface area (Å²) < 4.78 is 41.2. The third kappa shape index (κ3) is 5.41. The van der Waals surface area contributed by atoms with Gasteiger partial charge < -0.3 is 5.32 Å². The summed E-state index contributed by atoms with van der Waals surface area (Å²) in [5.41, 5.74) is 1.58. The van der Waals surface area contributed by atoms with Crippen LogP contribution in [0.5, 0.6) is 0 Å². The van der Waals surface area contributed by atoms with Crippen molar-refractivity contribution in [1.82, 2.24) is 10.0 Å². The maximum atomic E-state index is 13.5. The van der Waals surface area contributed by atoms with Gasteiger partial charge in [-0.1, -0.05) is 18.2 Å². The second-order valence-corrected chi connectivity index (χ2v) is 11.1. The lowest BCUT2D eigenvalue weighted by Gasteiger charge is -2.34. The third-order valence-electron chi connectivity index (χ3n) is 5.43. The zero-order valence-corrected chi connectivity index (χ0v) is 20.4. The van der Waals surface area contributed by atoms with Crippen molar-refractivity contribution in [3.05, 3.63) is 89.7 Å². The number of carbonyl (C=O) groups excluding carboxylic acids is 2. The normalized spacial score (nSPS) is 16.1. The minimum Gasteiger partial charge on any atom is -0.340 e. The fourth-order valence-corrected chi connectivity index (χ4v) is 5.36. The molecule has 1 atom stereocenters. The molecule has 7 nitrogen and oxygen atoms in total. The largest absolute Gasteiger partial charge is 0.340 e. The molecule has 3 aromatic rings. The van der Waals surface area contributed by atoms with E-state index in [1.54, 1.807) is 39.0 Å². The minimum atomic E-state index is -3.74. The predicted octanol–water partition coefficient (Wildman–Crippen LogP) is 3.92. The van der Waals surface area contributed by atoms with Gasteiger partial charge in [-0.05, 0) is 80.9 Å². The number of amides is 2. The zero-order chi connectivity index (χ0) is 25.4. The van der Waals surface area contributed by atoms with Gasteiger partial charge in [0.05, 0.1) is 10.6 Å². The van der Waals surface area contributed by atoms with Gasteiger partial charge >= 0.3 is 0 Å². The Bertz CT molecular complexity index is 1360. The first-order chi connectivity index (χ1) is 16.4. The number of halogens is 1. The standard InChI is InChI=1S/C26H26FN3O4S/c1-26(2,3)29-35(33,34)21-14-12-20(13-15-21)30-23-7-5-4-6-18(23)16-22(25(30)32)28-24(31)17-8-10-19(27)11-9-17/h4-15,22,29H,16H2,1-3H3,(H,28,31). The molecule has 35 heavy (non-hydrogen) atoms. The molecular weight excluding hydrogens is 469 g/mol. The number of fused-ring (bicyclic) bond motifs is 1. The predicted molar refractivity (Wildman–Crippen MR) is 131 cm³/mol. The summed E-state index contributed by atoms with van der Waals surface area (Å²) in [6.07, 6.45) is 0.292. The molecule has 1 aliphatic heterocycles. The highest BCUT2D eigenvalue weighted by Gasteiger charge is 2.35. The highest BCUT2D eigenvalue weighted by Crippen LogP contribution is 2.34. The number of benzene rings is 3. The molecule has 4 rings (SSSR count). The van der Waals surface area contributed by atoms with E-state index in [0.717, 1.165) is 5.56 Å². The number of anilines is 2. The summed E-state index contributed by atoms with van der Waals surface area (Å²) in [6, 6.07) is 17.6. The van der Waals surface area contributed by atoms with Gasteiger partial charge in [-0.2, -0.15) is 0 Å². The van der Waals surface area contributed by atoms with Crippen LogP contribution >= 0.6 is 0 Å². The van der Waals surface area contributed by atoms with Crippen molar-refractivity contribution in [2.24, 2.45) is 0 Å². The van der Waals surface area contributed by atoms with Crippen molar-refractivity contribution in [3.8, 4) is 0 Å². The van der Waals surface area contributed by atoms with Crippen LogP contribution in [0.4, 0.5) is 15.8 Å². The molecule has 0 aromatic heterocycles. The number of hydrogen-bond acceptors (Lipinski definition) is 4. The molecule has 182 valence electrons. The highest BCUT2D eigenvalue weighted by molar-refractivity contribution is 7.89. The molecule has 0 aliphatic carbocycles. The Kier molecular flexibility index (Phi) is 6.48. The fourth-order valence-electron chi connectivity index (χ4n) is 3.94. The Balaban J connectivity index is 1.64. The first kappa shape index (κ1) is 24.6. The Morgan fingerprint density at radius 2 is 1.60 bits per heavy atom. The average Bonchev–Trinajstić information content (AvgIpc) is 2.78. The topological polar surface area (TPSA) is 95.6 Å². The van der Waals surface area contributed by atoms with Crippen molar-refractivity contribution < 1.29 is 22.4 Å². The van der Waals surface area contributed by atoms with E-state index >= 15 is 0 Å². The van der Waals surface area contributed by atoms with E-state index in [1.165, 1.54) is 41.3 Å². The van der Waals surface area contributed by atoms with Crippen molar-refractivity contribution in [2.45, 2.75) is 43.7 Å². The SMILES string of the molecule is CC(C)(C)NS(=O)(=O)c1ccc(N2C(=O)C(NC(=O)c3ccc(F)cc3)Cc3ccccc32)cc1. The van der Waals surface area contributed by atoms with E-state index in [4.69, 9.17) is 0 Å². The van der Waals surface area contributed by atoms with Gasteiger partial charge in [0, 0.05) is 23.2 Å². The van der Waals surface area contributed by atoms with Crippen LogP contribution in [-0.4, -0.2) is 31.8 Å². The summed E-state index contributed by atoms with van der Waals surface area (Å²) in [5, 5.41) is 2.75. The molecule has 0 saturated heterocycles. The van der Waals surface area contributed by atoms with Crippen LogP contribution in [0, 0.1) is 5.82 Å². The van der Waals surface area contributed by atoms with E-state index in [-0.39, 0.29) is 16.4 Å². The van der Waals surface area contributed by atoms with Gasteiger partial charge in [-0.3, -0.25) is 14.5 Å². The van der Waals surface area contributed by atoms with Crippen LogP contribution in [0.25, 0.3) is 0 Å². The van der Waals surface area contributed by atoms with Crippen molar-refractivity contribution in [3.63, 3.8) is 0 Å². The minimum absolute atomic E-state index is 0.0788. The molecule has 2 amide bonds. The maximum Gasteiger partial charge on any atom is 0.254 e. The van der Waals surface area contributed by atoms with E-state index in [1.807, 2.05) is 18.2 Å². The summed E-state index contributed by atoms with van der Waals surface area (Å²) in [6.45, 7) is 5.26. The van der Waals surface area contributed by atoms with E-state index in [2.05, 4.69) is 10.0 Å². The molecule has 1 aliphatic rings. The number of carbonyl (C=O) groups is 2. The number of para-hydroxylation sites is 1. The molecule has 0 radical (unpaired) electrons. The maximum absolute atomic E-state index is 13.5. The molecule has 1 unspecified atom stereocenters. The monoisotopic (exact) mass is 495 g/mol. The fraction of sp³-hybridized carbons (Fsp3) is 0.231. The Labute approximate surface area is 204 Å². The van der Waals surface area contributed by atoms with Gasteiger partial charge in [0.1, 0.15) is 11.9 Å². The highest BCUT2D eigenvalue weighted by atomic mass is 32.2. The molecule has 0 saturated carbocycles. The number of sulfonamides is 1. The van der Waals surface area contributed by atoms with Crippen LogP contribution in [-0.2, 0) is 21.2 Å². The Hall–Kier alpha value is -3.56. The zero-order valence-electron chi connectivity index (χ0n) is 19.6. The van der Waals surface area contributed by atoms with Gasteiger partial charge in [0.25, 0.3) is 11.8 Å². The lowest BCUT2D eigenvalue weighted by molar-refractivity contribution is -0.120. The van der Waals surface area contributed by atoms with E-state index in [0.29, 0.717) is 17.8 Å². The second-order valence-electron chi connectivity index (χ2n) is 9.39. The molecule has 2 N–H and O–H groups in total. The van der Waals surface area contributed by atoms with Crippen LogP contribution in [0.2, 0.25) is 0 Å². The molecule has 9 heteroatoms. The third-order valence-corrected chi connectivity index (χ3v) is 7.21. The Morgan fingerprint density at radius 3 is 2.23 bits per heavy atom. The first-order valence-electron chi connectivity index (χ1n) is 11.1. The van der Waals surface area contributed by atoms with Crippen molar-refractivity contribution in [2.75, 3.05) is 4.90 Å². The van der Waals surface area contributed by atoms with E-state index < -0.39 is 33.3 Å². The quantitative estimate of drug-likeness (QED) is 0.561. The molecule has 0 fully saturated rings. The first-order valence-corrected chi connectivity index (χ1v) is 12.6. The lowest BCUT2D eigenvalue weighted by Crippen LogP contribution is -2.51. The summed E-state index contributed by atoms with van der Waals surface area (Å²) in [4.78, 5) is 27.8. The number of hydrogen-bond donors (Lipinski definition) is 2. The average molecular weight is 496 g/mol. The van der Waals surface area contributed by atoms with Crippen LogP contribution < -0.4 is 14.9 Å². The number of nitrogens with one attached hydrogen (secondary N) is 2. The molecule has 0 spiro atoms. The van der Waals surface area contributed by atoms with E-state index in [9.17, 15) is 22.4 Å². The van der Waals surface area contributed by atoms with Gasteiger partial charge in [0.2, 0.25) is 10.0 Å². The van der Waals surface area contributed by atoms with Crippen molar-refractivity contribution >= 4 is 33.2 Å². The second kappa shape index (κ2) is 9.24. The molecule has 1 heterocycles. The van der Waals surface area contributed by atoms with Gasteiger partial charge in [0.15, 0.2) is 0 Å². The number of nitrogens with zero attached hydrogens (tertiary/aromatic N) is 1. The smallest absolute Gasteiger partial charge is 0.254 e. The molecular formula is C26H26FN3O4S. The summed E-state index contributed by atoms with van der Waals surface area (Å²) >= 11 is 0. The van der Waals surface area contributed by atoms with Crippen LogP contribution in [0.1, 0.15) is 36.7 Å². The lowest BCUT2D eigenvalue weighted by atomic mass is 9.96. The van der Waals surface area contributed by atoms with Crippen LogP contribution in [0.15, 0.2) is 77.7 Å². The van der Waals surface area contributed by atoms with Crippen molar-refractivity contribution in [1.29, 1.82) is 0 Å². The molecule has 3 aromatic carbocycles. The van der Waals surface area contributed by atoms with Gasteiger partial charge in [-0.15, -0.1) is 0 Å². The summed E-state index contributed by atoms with van der Waals surface area (Å²) in [7, 11) is -3.74. The summed E-state index contributed by atoms with van der Waals surface area (Å²) in [5.74, 6) is -1.31. The van der Waals surface area contributed by atoms with Gasteiger partial charge in [-0.25, -0.2) is 17.5 Å². The number of rotatable bonds is 5. The molecule has 0 bridgehead atoms. The Morgan fingerprint density at radius 1 is 0.971 bits per heavy atom. The van der Waals surface area contributed by atoms with Crippen LogP contribution in [0.3, 0.4) is 0 Å².